The molecule has 1 fully saturated rings. The van der Waals surface area contributed by atoms with E-state index >= 15 is 0 Å². The van der Waals surface area contributed by atoms with Crippen LogP contribution in [0.25, 0.3) is 0 Å². The van der Waals surface area contributed by atoms with Crippen molar-refractivity contribution < 1.29 is 13.9 Å². The highest BCUT2D eigenvalue weighted by molar-refractivity contribution is 5.37. The minimum Gasteiger partial charge on any atom is -0.496 e. The second-order valence-corrected chi connectivity index (χ2v) is 5.36. The highest BCUT2D eigenvalue weighted by Gasteiger charge is 2.38. The van der Waals surface area contributed by atoms with Gasteiger partial charge in [0.05, 0.1) is 19.3 Å². The number of halogens is 1. The smallest absolute Gasteiger partial charge is 0.123 e. The topological polar surface area (TPSA) is 30.5 Å². The van der Waals surface area contributed by atoms with Gasteiger partial charge in [-0.05, 0) is 49.9 Å². The Hall–Kier alpha value is -1.13. The van der Waals surface area contributed by atoms with Crippen LogP contribution >= 0.6 is 0 Å². The number of methoxy groups -OCH3 is 2. The van der Waals surface area contributed by atoms with Gasteiger partial charge in [0, 0.05) is 12.7 Å². The van der Waals surface area contributed by atoms with Crippen LogP contribution < -0.4 is 10.1 Å². The molecular weight excluding hydrogens is 257 g/mol. The Morgan fingerprint density at radius 1 is 1.35 bits per heavy atom. The quantitative estimate of drug-likeness (QED) is 0.793. The van der Waals surface area contributed by atoms with Crippen LogP contribution in [0.3, 0.4) is 0 Å². The van der Waals surface area contributed by atoms with E-state index in [1.165, 1.54) is 18.9 Å². The lowest BCUT2D eigenvalue weighted by Crippen LogP contribution is -2.35. The maximum absolute atomic E-state index is 13.6. The molecule has 0 aliphatic heterocycles. The molecule has 1 aromatic rings. The molecule has 0 radical (unpaired) electrons. The first-order valence-electron chi connectivity index (χ1n) is 7.30. The van der Waals surface area contributed by atoms with Crippen LogP contribution in [-0.2, 0) is 4.74 Å². The molecule has 1 N–H and O–H groups in total. The van der Waals surface area contributed by atoms with Gasteiger partial charge in [-0.25, -0.2) is 4.39 Å². The van der Waals surface area contributed by atoms with Crippen molar-refractivity contribution in [2.75, 3.05) is 20.8 Å². The van der Waals surface area contributed by atoms with E-state index in [9.17, 15) is 4.39 Å². The van der Waals surface area contributed by atoms with Crippen LogP contribution in [0.1, 0.15) is 37.8 Å². The van der Waals surface area contributed by atoms with Crippen molar-refractivity contribution in [1.29, 1.82) is 0 Å². The maximum atomic E-state index is 13.6. The standard InChI is InChI=1S/C16H24FNO2/c1-4-9-18-15(16(20-3)11-5-6-11)13-10-12(17)7-8-14(13)19-2/h7-8,10-11,15-16,18H,4-6,9H2,1-3H3. The van der Waals surface area contributed by atoms with Crippen LogP contribution in [-0.4, -0.2) is 26.9 Å². The van der Waals surface area contributed by atoms with Crippen molar-refractivity contribution in [3.8, 4) is 5.75 Å². The Morgan fingerprint density at radius 3 is 2.65 bits per heavy atom. The van der Waals surface area contributed by atoms with Crippen LogP contribution in [0.4, 0.5) is 4.39 Å². The van der Waals surface area contributed by atoms with Gasteiger partial charge < -0.3 is 14.8 Å². The molecule has 2 atom stereocenters. The number of benzene rings is 1. The molecule has 4 heteroatoms. The molecule has 1 aliphatic rings. The Kier molecular flexibility index (Phi) is 5.38. The largest absolute Gasteiger partial charge is 0.496 e. The van der Waals surface area contributed by atoms with Crippen molar-refractivity contribution in [3.05, 3.63) is 29.6 Å². The first-order chi connectivity index (χ1) is 9.71. The first-order valence-corrected chi connectivity index (χ1v) is 7.30. The summed E-state index contributed by atoms with van der Waals surface area (Å²) in [6.07, 6.45) is 3.45. The molecule has 2 unspecified atom stereocenters. The number of hydrogen-bond acceptors (Lipinski definition) is 3. The van der Waals surface area contributed by atoms with Gasteiger partial charge >= 0.3 is 0 Å². The van der Waals surface area contributed by atoms with Crippen molar-refractivity contribution in [1.82, 2.24) is 5.32 Å². The predicted octanol–water partition coefficient (Wildman–Crippen LogP) is 3.30. The normalized spacial score (nSPS) is 17.8. The van der Waals surface area contributed by atoms with E-state index in [0.29, 0.717) is 11.7 Å². The monoisotopic (exact) mass is 281 g/mol. The van der Waals surface area contributed by atoms with E-state index in [1.54, 1.807) is 26.4 Å². The summed E-state index contributed by atoms with van der Waals surface area (Å²) in [4.78, 5) is 0. The van der Waals surface area contributed by atoms with E-state index < -0.39 is 0 Å². The Bertz CT molecular complexity index is 434. The van der Waals surface area contributed by atoms with Crippen molar-refractivity contribution in [2.24, 2.45) is 5.92 Å². The summed E-state index contributed by atoms with van der Waals surface area (Å²) in [7, 11) is 3.35. The Balaban J connectivity index is 2.31. The minimum atomic E-state index is -0.241. The highest BCUT2D eigenvalue weighted by atomic mass is 19.1. The minimum absolute atomic E-state index is 0.0295. The molecule has 1 aliphatic carbocycles. The predicted molar refractivity (Wildman–Crippen MR) is 77.5 cm³/mol. The summed E-state index contributed by atoms with van der Waals surface area (Å²) in [5, 5.41) is 3.49. The molecule has 0 spiro atoms. The number of hydrogen-bond donors (Lipinski definition) is 1. The van der Waals surface area contributed by atoms with Crippen LogP contribution in [0.15, 0.2) is 18.2 Å². The van der Waals surface area contributed by atoms with Gasteiger partial charge in [0.15, 0.2) is 0 Å². The summed E-state index contributed by atoms with van der Waals surface area (Å²) in [6, 6.07) is 4.64. The van der Waals surface area contributed by atoms with E-state index in [1.807, 2.05) is 0 Å². The second-order valence-electron chi connectivity index (χ2n) is 5.36. The molecule has 3 nitrogen and oxygen atoms in total. The van der Waals surface area contributed by atoms with Crippen LogP contribution in [0.5, 0.6) is 5.75 Å². The Morgan fingerprint density at radius 2 is 2.10 bits per heavy atom. The van der Waals surface area contributed by atoms with Gasteiger partial charge in [-0.3, -0.25) is 0 Å². The van der Waals surface area contributed by atoms with Crippen LogP contribution in [0.2, 0.25) is 0 Å². The number of ether oxygens (including phenoxy) is 2. The summed E-state index contributed by atoms with van der Waals surface area (Å²) in [6.45, 7) is 2.99. The van der Waals surface area contributed by atoms with E-state index in [0.717, 1.165) is 18.5 Å². The number of rotatable bonds is 8. The van der Waals surface area contributed by atoms with Gasteiger partial charge in [-0.1, -0.05) is 6.92 Å². The zero-order valence-electron chi connectivity index (χ0n) is 12.5. The zero-order valence-corrected chi connectivity index (χ0v) is 12.5. The molecule has 20 heavy (non-hydrogen) atoms. The van der Waals surface area contributed by atoms with Crippen LogP contribution in [0, 0.1) is 11.7 Å². The molecule has 0 saturated heterocycles. The zero-order chi connectivity index (χ0) is 14.5. The summed E-state index contributed by atoms with van der Waals surface area (Å²) >= 11 is 0. The SMILES string of the molecule is CCCNC(c1cc(F)ccc1OC)C(OC)C1CC1. The van der Waals surface area contributed by atoms with Gasteiger partial charge in [-0.2, -0.15) is 0 Å². The Labute approximate surface area is 120 Å². The van der Waals surface area contributed by atoms with Crippen molar-refractivity contribution in [3.63, 3.8) is 0 Å². The molecule has 1 saturated carbocycles. The van der Waals surface area contributed by atoms with Gasteiger partial charge in [0.1, 0.15) is 11.6 Å². The molecule has 2 rings (SSSR count). The summed E-state index contributed by atoms with van der Waals surface area (Å²) in [5.41, 5.74) is 0.847. The van der Waals surface area contributed by atoms with Crippen molar-refractivity contribution in [2.45, 2.75) is 38.3 Å². The van der Waals surface area contributed by atoms with Gasteiger partial charge in [0.2, 0.25) is 0 Å². The molecule has 112 valence electrons. The maximum Gasteiger partial charge on any atom is 0.123 e. The fourth-order valence-corrected chi connectivity index (χ4v) is 2.68. The molecule has 0 heterocycles. The summed E-state index contributed by atoms with van der Waals surface area (Å²) in [5.74, 6) is 1.03. The van der Waals surface area contributed by atoms with Crippen molar-refractivity contribution >= 4 is 0 Å². The third-order valence-corrected chi connectivity index (χ3v) is 3.83. The average molecular weight is 281 g/mol. The lowest BCUT2D eigenvalue weighted by molar-refractivity contribution is 0.0498. The van der Waals surface area contributed by atoms with Gasteiger partial charge in [0.25, 0.3) is 0 Å². The molecule has 0 aromatic heterocycles. The second kappa shape index (κ2) is 7.04. The lowest BCUT2D eigenvalue weighted by Gasteiger charge is -2.28. The third kappa shape index (κ3) is 3.49. The van der Waals surface area contributed by atoms with E-state index in [4.69, 9.17) is 9.47 Å². The summed E-state index contributed by atoms with van der Waals surface area (Å²) < 4.78 is 24.7. The van der Waals surface area contributed by atoms with E-state index in [2.05, 4.69) is 12.2 Å². The average Bonchev–Trinajstić information content (AvgIpc) is 3.28. The third-order valence-electron chi connectivity index (χ3n) is 3.83. The molecule has 1 aromatic carbocycles. The number of nitrogens with one attached hydrogen (secondary N) is 1. The first kappa shape index (κ1) is 15.3. The molecule has 0 amide bonds. The van der Waals surface area contributed by atoms with Gasteiger partial charge in [-0.15, -0.1) is 0 Å². The van der Waals surface area contributed by atoms with E-state index in [-0.39, 0.29) is 18.0 Å². The molecule has 0 bridgehead atoms. The molecular formula is C16H24FNO2. The fourth-order valence-electron chi connectivity index (χ4n) is 2.68. The highest BCUT2D eigenvalue weighted by Crippen LogP contribution is 2.41. The fraction of sp³-hybridized carbons (Fsp3) is 0.625. The lowest BCUT2D eigenvalue weighted by atomic mass is 9.96.